The molecule has 0 bridgehead atoms. The van der Waals surface area contributed by atoms with Gasteiger partial charge in [0.05, 0.1) is 24.0 Å². The molecule has 1 aromatic heterocycles. The van der Waals surface area contributed by atoms with Crippen molar-refractivity contribution >= 4 is 5.69 Å². The van der Waals surface area contributed by atoms with Crippen molar-refractivity contribution in [2.75, 3.05) is 32.1 Å². The van der Waals surface area contributed by atoms with Crippen LogP contribution < -0.4 is 10.6 Å². The van der Waals surface area contributed by atoms with Gasteiger partial charge in [-0.25, -0.2) is 4.98 Å². The van der Waals surface area contributed by atoms with Crippen LogP contribution in [0.15, 0.2) is 18.3 Å². The van der Waals surface area contributed by atoms with Crippen LogP contribution in [0.2, 0.25) is 0 Å². The summed E-state index contributed by atoms with van der Waals surface area (Å²) in [6.07, 6.45) is 3.97. The zero-order valence-electron chi connectivity index (χ0n) is 10.6. The highest BCUT2D eigenvalue weighted by molar-refractivity contribution is 5.43. The van der Waals surface area contributed by atoms with Crippen LogP contribution >= 0.6 is 0 Å². The molecule has 0 aromatic carbocycles. The van der Waals surface area contributed by atoms with Crippen molar-refractivity contribution in [3.8, 4) is 6.07 Å². The summed E-state index contributed by atoms with van der Waals surface area (Å²) in [5.41, 5.74) is 1.38. The zero-order chi connectivity index (χ0) is 12.8. The maximum absolute atomic E-state index is 8.68. The molecule has 2 rings (SSSR count). The predicted octanol–water partition coefficient (Wildman–Crippen LogP) is 1.13. The molecular weight excluding hydrogens is 228 g/mol. The van der Waals surface area contributed by atoms with Crippen LogP contribution in [-0.2, 0) is 4.74 Å². The lowest BCUT2D eigenvalue weighted by molar-refractivity contribution is 0.127. The molecule has 96 valence electrons. The van der Waals surface area contributed by atoms with Crippen molar-refractivity contribution < 1.29 is 4.74 Å². The molecule has 0 saturated carbocycles. The topological polar surface area (TPSA) is 70.0 Å². The molecule has 1 aromatic rings. The Kier molecular flexibility index (Phi) is 4.13. The molecule has 5 nitrogen and oxygen atoms in total. The minimum atomic E-state index is 0.0165. The second-order valence-electron chi connectivity index (χ2n) is 4.64. The van der Waals surface area contributed by atoms with Gasteiger partial charge in [-0.1, -0.05) is 0 Å². The molecule has 1 atom stereocenters. The summed E-state index contributed by atoms with van der Waals surface area (Å²) in [7, 11) is 1.73. The molecular formula is C13H18N4O. The van der Waals surface area contributed by atoms with Gasteiger partial charge in [-0.2, -0.15) is 5.26 Å². The second-order valence-corrected chi connectivity index (χ2v) is 4.64. The van der Waals surface area contributed by atoms with Crippen LogP contribution in [0.25, 0.3) is 0 Å². The van der Waals surface area contributed by atoms with Crippen LogP contribution in [0, 0.1) is 11.3 Å². The van der Waals surface area contributed by atoms with Crippen molar-refractivity contribution in [3.63, 3.8) is 0 Å². The van der Waals surface area contributed by atoms with Gasteiger partial charge in [-0.15, -0.1) is 0 Å². The van der Waals surface area contributed by atoms with Crippen LogP contribution in [0.1, 0.15) is 18.5 Å². The fourth-order valence-corrected chi connectivity index (χ4v) is 2.31. The molecule has 1 aliphatic rings. The van der Waals surface area contributed by atoms with Crippen LogP contribution in [-0.4, -0.2) is 37.3 Å². The maximum Gasteiger partial charge on any atom is 0.140 e. The van der Waals surface area contributed by atoms with Gasteiger partial charge < -0.3 is 15.4 Å². The highest BCUT2D eigenvalue weighted by Crippen LogP contribution is 2.20. The summed E-state index contributed by atoms with van der Waals surface area (Å²) >= 11 is 0. The summed E-state index contributed by atoms with van der Waals surface area (Å²) < 4.78 is 5.29. The zero-order valence-corrected chi connectivity index (χ0v) is 10.6. The number of hydrogen-bond donors (Lipinski definition) is 2. The lowest BCUT2D eigenvalue weighted by atomic mass is 9.98. The molecule has 2 heterocycles. The SMILES string of the molecule is COCC1(CNc2ccc(C#N)nc2)CCCN1. The number of methoxy groups -OCH3 is 1. The normalized spacial score (nSPS) is 22.7. The van der Waals surface area contributed by atoms with Crippen LogP contribution in [0.5, 0.6) is 0 Å². The quantitative estimate of drug-likeness (QED) is 0.815. The average Bonchev–Trinajstić information content (AvgIpc) is 2.87. The Balaban J connectivity index is 1.94. The summed E-state index contributed by atoms with van der Waals surface area (Å²) in [5.74, 6) is 0. The Morgan fingerprint density at radius 3 is 3.06 bits per heavy atom. The molecule has 1 saturated heterocycles. The summed E-state index contributed by atoms with van der Waals surface area (Å²) in [5, 5.41) is 15.5. The van der Waals surface area contributed by atoms with E-state index in [0.717, 1.165) is 25.2 Å². The molecule has 18 heavy (non-hydrogen) atoms. The van der Waals surface area contributed by atoms with Gasteiger partial charge in [0.25, 0.3) is 0 Å². The van der Waals surface area contributed by atoms with E-state index in [1.54, 1.807) is 19.4 Å². The first-order valence-corrected chi connectivity index (χ1v) is 6.12. The van der Waals surface area contributed by atoms with Gasteiger partial charge in [0.15, 0.2) is 0 Å². The van der Waals surface area contributed by atoms with Gasteiger partial charge >= 0.3 is 0 Å². The van der Waals surface area contributed by atoms with Gasteiger partial charge in [0.1, 0.15) is 11.8 Å². The van der Waals surface area contributed by atoms with E-state index < -0.39 is 0 Å². The fourth-order valence-electron chi connectivity index (χ4n) is 2.31. The minimum Gasteiger partial charge on any atom is -0.383 e. The molecule has 0 spiro atoms. The van der Waals surface area contributed by atoms with E-state index in [0.29, 0.717) is 12.3 Å². The maximum atomic E-state index is 8.68. The molecule has 0 aliphatic carbocycles. The Hall–Kier alpha value is -1.64. The van der Waals surface area contributed by atoms with Crippen molar-refractivity contribution in [1.29, 1.82) is 5.26 Å². The fraction of sp³-hybridized carbons (Fsp3) is 0.538. The Labute approximate surface area is 107 Å². The number of nitriles is 1. The summed E-state index contributed by atoms with van der Waals surface area (Å²) in [4.78, 5) is 4.04. The van der Waals surface area contributed by atoms with Crippen LogP contribution in [0.4, 0.5) is 5.69 Å². The monoisotopic (exact) mass is 246 g/mol. The van der Waals surface area contributed by atoms with Crippen LogP contribution in [0.3, 0.4) is 0 Å². The highest BCUT2D eigenvalue weighted by atomic mass is 16.5. The van der Waals surface area contributed by atoms with E-state index in [4.69, 9.17) is 10.00 Å². The molecule has 1 fully saturated rings. The number of ether oxygens (including phenoxy) is 1. The van der Waals surface area contributed by atoms with E-state index in [1.165, 1.54) is 6.42 Å². The third kappa shape index (κ3) is 2.97. The number of rotatable bonds is 5. The molecule has 2 N–H and O–H groups in total. The van der Waals surface area contributed by atoms with Gasteiger partial charge in [-0.3, -0.25) is 0 Å². The Morgan fingerprint density at radius 1 is 1.61 bits per heavy atom. The van der Waals surface area contributed by atoms with E-state index in [9.17, 15) is 0 Å². The van der Waals surface area contributed by atoms with Crippen molar-refractivity contribution in [2.45, 2.75) is 18.4 Å². The van der Waals surface area contributed by atoms with E-state index in [2.05, 4.69) is 15.6 Å². The molecule has 1 unspecified atom stereocenters. The van der Waals surface area contributed by atoms with Gasteiger partial charge in [0, 0.05) is 13.7 Å². The summed E-state index contributed by atoms with van der Waals surface area (Å²) in [6.45, 7) is 2.54. The third-order valence-electron chi connectivity index (χ3n) is 3.26. The average molecular weight is 246 g/mol. The molecule has 0 amide bonds. The number of hydrogen-bond acceptors (Lipinski definition) is 5. The molecule has 5 heteroatoms. The molecule has 0 radical (unpaired) electrons. The number of aromatic nitrogens is 1. The smallest absolute Gasteiger partial charge is 0.140 e. The largest absolute Gasteiger partial charge is 0.383 e. The Bertz CT molecular complexity index is 418. The highest BCUT2D eigenvalue weighted by Gasteiger charge is 2.33. The number of pyridine rings is 1. The van der Waals surface area contributed by atoms with Gasteiger partial charge in [0.2, 0.25) is 0 Å². The van der Waals surface area contributed by atoms with E-state index in [1.807, 2.05) is 12.1 Å². The standard InChI is InChI=1S/C13H18N4O/c1-18-10-13(5-2-6-17-13)9-16-12-4-3-11(7-14)15-8-12/h3-4,8,16-17H,2,5-6,9-10H2,1H3. The van der Waals surface area contributed by atoms with Crippen molar-refractivity contribution in [2.24, 2.45) is 0 Å². The van der Waals surface area contributed by atoms with E-state index >= 15 is 0 Å². The minimum absolute atomic E-state index is 0.0165. The first-order chi connectivity index (χ1) is 8.78. The second kappa shape index (κ2) is 5.80. The third-order valence-corrected chi connectivity index (χ3v) is 3.26. The first-order valence-electron chi connectivity index (χ1n) is 6.12. The molecule has 1 aliphatic heterocycles. The number of anilines is 1. The van der Waals surface area contributed by atoms with Gasteiger partial charge in [-0.05, 0) is 31.5 Å². The summed E-state index contributed by atoms with van der Waals surface area (Å²) in [6, 6.07) is 5.60. The predicted molar refractivity (Wildman–Crippen MR) is 69.3 cm³/mol. The number of nitrogens with zero attached hydrogens (tertiary/aromatic N) is 2. The first kappa shape index (κ1) is 12.8. The lowest BCUT2D eigenvalue weighted by Crippen LogP contribution is -2.49. The van der Waals surface area contributed by atoms with Crippen molar-refractivity contribution in [1.82, 2.24) is 10.3 Å². The van der Waals surface area contributed by atoms with E-state index in [-0.39, 0.29) is 5.54 Å². The lowest BCUT2D eigenvalue weighted by Gasteiger charge is -2.29. The van der Waals surface area contributed by atoms with Crippen molar-refractivity contribution in [3.05, 3.63) is 24.0 Å². The Morgan fingerprint density at radius 2 is 2.50 bits per heavy atom. The number of nitrogens with one attached hydrogen (secondary N) is 2.